The number of imide groups is 1. The highest BCUT2D eigenvalue weighted by Gasteiger charge is 2.38. The van der Waals surface area contributed by atoms with E-state index < -0.39 is 57.4 Å². The first-order chi connectivity index (χ1) is 12.5. The van der Waals surface area contributed by atoms with Crippen LogP contribution in [0.4, 0.5) is 0 Å². The van der Waals surface area contributed by atoms with Gasteiger partial charge >= 0.3 is 5.97 Å². The normalized spacial score (nSPS) is 16.1. The van der Waals surface area contributed by atoms with Crippen molar-refractivity contribution < 1.29 is 41.8 Å². The number of nitrogens with one attached hydrogen (secondary N) is 1. The number of hydrogen-bond donors (Lipinski definition) is 3. The quantitative estimate of drug-likeness (QED) is 0.225. The molecule has 0 radical (unpaired) electrons. The van der Waals surface area contributed by atoms with Gasteiger partial charge in [-0.15, -0.1) is 0 Å². The number of primary amides is 1. The number of carbonyl (C=O) groups excluding carboxylic acids is 5. The van der Waals surface area contributed by atoms with Crippen LogP contribution in [0, 0.1) is 0 Å². The van der Waals surface area contributed by atoms with E-state index in [1.165, 1.54) is 5.48 Å². The summed E-state index contributed by atoms with van der Waals surface area (Å²) in [5.74, 6) is -5.39. The summed E-state index contributed by atoms with van der Waals surface area (Å²) in [5, 5.41) is -2.28. The molecule has 13 heteroatoms. The van der Waals surface area contributed by atoms with Gasteiger partial charge in [0.2, 0.25) is 5.91 Å². The molecule has 2 atom stereocenters. The number of unbranched alkanes of at least 4 members (excludes halogenated alkanes) is 1. The zero-order valence-electron chi connectivity index (χ0n) is 14.3. The minimum absolute atomic E-state index is 0.0490. The van der Waals surface area contributed by atoms with Crippen LogP contribution in [0.3, 0.4) is 0 Å². The van der Waals surface area contributed by atoms with Gasteiger partial charge in [-0.1, -0.05) is 19.8 Å². The van der Waals surface area contributed by atoms with E-state index in [2.05, 4.69) is 4.84 Å². The average molecular weight is 405 g/mol. The van der Waals surface area contributed by atoms with Crippen molar-refractivity contribution in [3.8, 4) is 0 Å². The Balaban J connectivity index is 2.86. The molecular formula is C14H19N3O9S. The molecule has 1 aliphatic rings. The number of hydrogen-bond acceptors (Lipinski definition) is 8. The first kappa shape index (κ1) is 22.2. The largest absolute Gasteiger partial charge is 0.370 e. The molecule has 0 bridgehead atoms. The molecule has 1 heterocycles. The molecule has 0 aromatic rings. The van der Waals surface area contributed by atoms with Crippen LogP contribution < -0.4 is 11.2 Å². The Morgan fingerprint density at radius 3 is 2.26 bits per heavy atom. The Kier molecular flexibility index (Phi) is 7.60. The van der Waals surface area contributed by atoms with Gasteiger partial charge in [-0.2, -0.15) is 13.9 Å². The Bertz CT molecular complexity index is 757. The topological polar surface area (TPSA) is 190 Å². The maximum atomic E-state index is 12.2. The Hall–Kier alpha value is -2.80. The predicted molar refractivity (Wildman–Crippen MR) is 87.7 cm³/mol. The lowest BCUT2D eigenvalue weighted by Gasteiger charge is -2.24. The van der Waals surface area contributed by atoms with Crippen LogP contribution in [0.1, 0.15) is 32.6 Å². The molecule has 0 spiro atoms. The maximum Gasteiger partial charge on any atom is 0.355 e. The van der Waals surface area contributed by atoms with Gasteiger partial charge in [0.05, 0.1) is 6.42 Å². The molecule has 0 saturated carbocycles. The second-order valence-corrected chi connectivity index (χ2v) is 7.20. The number of hydroxylamine groups is 1. The fraction of sp³-hybridized carbons (Fsp3) is 0.500. The summed E-state index contributed by atoms with van der Waals surface area (Å²) in [7, 11) is -5.01. The predicted octanol–water partition coefficient (Wildman–Crippen LogP) is -1.82. The average Bonchev–Trinajstić information content (AvgIpc) is 2.89. The maximum absolute atomic E-state index is 12.2. The van der Waals surface area contributed by atoms with Crippen LogP contribution in [0.25, 0.3) is 0 Å². The summed E-state index contributed by atoms with van der Waals surface area (Å²) in [5.41, 5.74) is 6.31. The fourth-order valence-corrected chi connectivity index (χ4v) is 2.91. The molecule has 0 aromatic carbocycles. The summed E-state index contributed by atoms with van der Waals surface area (Å²) in [4.78, 5) is 63.5. The molecule has 12 nitrogen and oxygen atoms in total. The molecule has 1 rings (SSSR count). The van der Waals surface area contributed by atoms with Gasteiger partial charge in [-0.25, -0.2) is 4.79 Å². The molecule has 0 aromatic heterocycles. The SMILES string of the molecule is CCCCC(C(=O)ONC(=O)C(CC(N)=O)S(=O)(=O)O)N1C(=O)C=CC1=O. The third-order valence-corrected chi connectivity index (χ3v) is 4.65. The highest BCUT2D eigenvalue weighted by atomic mass is 32.2. The lowest BCUT2D eigenvalue weighted by molar-refractivity contribution is -0.167. The van der Waals surface area contributed by atoms with Gasteiger partial charge in [0.1, 0.15) is 6.04 Å². The van der Waals surface area contributed by atoms with Crippen molar-refractivity contribution >= 4 is 39.7 Å². The van der Waals surface area contributed by atoms with E-state index in [4.69, 9.17) is 10.3 Å². The van der Waals surface area contributed by atoms with Crippen LogP contribution in [-0.4, -0.2) is 58.8 Å². The molecule has 0 saturated heterocycles. The third-order valence-electron chi connectivity index (χ3n) is 3.55. The second kappa shape index (κ2) is 9.23. The minimum Gasteiger partial charge on any atom is -0.370 e. The van der Waals surface area contributed by atoms with E-state index in [9.17, 15) is 32.4 Å². The minimum atomic E-state index is -5.01. The summed E-state index contributed by atoms with van der Waals surface area (Å²) in [6.07, 6.45) is 2.01. The molecular weight excluding hydrogens is 386 g/mol. The van der Waals surface area contributed by atoms with E-state index in [-0.39, 0.29) is 6.42 Å². The van der Waals surface area contributed by atoms with E-state index >= 15 is 0 Å². The summed E-state index contributed by atoms with van der Waals surface area (Å²) in [6, 6.07) is -1.35. The Labute approximate surface area is 154 Å². The first-order valence-electron chi connectivity index (χ1n) is 7.79. The molecule has 0 aliphatic carbocycles. The van der Waals surface area contributed by atoms with Gasteiger partial charge in [0.25, 0.3) is 27.8 Å². The molecule has 4 N–H and O–H groups in total. The second-order valence-electron chi connectivity index (χ2n) is 5.60. The summed E-state index contributed by atoms with van der Waals surface area (Å²) in [6.45, 7) is 1.80. The molecule has 2 unspecified atom stereocenters. The van der Waals surface area contributed by atoms with E-state index in [0.717, 1.165) is 12.2 Å². The highest BCUT2D eigenvalue weighted by Crippen LogP contribution is 2.16. The number of nitrogens with two attached hydrogens (primary N) is 1. The monoisotopic (exact) mass is 405 g/mol. The van der Waals surface area contributed by atoms with Crippen molar-refractivity contribution in [3.63, 3.8) is 0 Å². The number of amides is 4. The van der Waals surface area contributed by atoms with Crippen LogP contribution in [0.15, 0.2) is 12.2 Å². The van der Waals surface area contributed by atoms with Gasteiger partial charge in [0.15, 0.2) is 5.25 Å². The van der Waals surface area contributed by atoms with Crippen molar-refractivity contribution in [2.24, 2.45) is 5.73 Å². The van der Waals surface area contributed by atoms with E-state index in [1.54, 1.807) is 6.92 Å². The van der Waals surface area contributed by atoms with Crippen LogP contribution in [-0.2, 0) is 38.9 Å². The van der Waals surface area contributed by atoms with Gasteiger partial charge in [-0.05, 0) is 6.42 Å². The Morgan fingerprint density at radius 2 is 1.81 bits per heavy atom. The standard InChI is InChI=1S/C14H19N3O9S/c1-2-3-4-8(17-11(19)5-6-12(17)20)14(22)26-16-13(21)9(7-10(15)18)27(23,24)25/h5-6,8-9H,2-4,7H2,1H3,(H2,15,18)(H,16,21)(H,23,24,25). The van der Waals surface area contributed by atoms with Crippen LogP contribution in [0.5, 0.6) is 0 Å². The molecule has 27 heavy (non-hydrogen) atoms. The Morgan fingerprint density at radius 1 is 1.26 bits per heavy atom. The van der Waals surface area contributed by atoms with Crippen LogP contribution in [0.2, 0.25) is 0 Å². The zero-order valence-corrected chi connectivity index (χ0v) is 15.1. The molecule has 4 amide bonds. The number of rotatable bonds is 9. The lowest BCUT2D eigenvalue weighted by atomic mass is 10.1. The summed E-state index contributed by atoms with van der Waals surface area (Å²) >= 11 is 0. The third kappa shape index (κ3) is 6.14. The molecule has 1 aliphatic heterocycles. The van der Waals surface area contributed by atoms with Crippen molar-refractivity contribution in [1.82, 2.24) is 10.4 Å². The molecule has 0 fully saturated rings. The van der Waals surface area contributed by atoms with E-state index in [1.807, 2.05) is 0 Å². The smallest absolute Gasteiger partial charge is 0.355 e. The molecule has 150 valence electrons. The van der Waals surface area contributed by atoms with Gasteiger partial charge < -0.3 is 10.6 Å². The number of carbonyl (C=O) groups is 5. The van der Waals surface area contributed by atoms with E-state index in [0.29, 0.717) is 17.7 Å². The van der Waals surface area contributed by atoms with Crippen LogP contribution >= 0.6 is 0 Å². The highest BCUT2D eigenvalue weighted by molar-refractivity contribution is 7.87. The van der Waals surface area contributed by atoms with Crippen molar-refractivity contribution in [1.29, 1.82) is 0 Å². The van der Waals surface area contributed by atoms with Crippen molar-refractivity contribution in [2.45, 2.75) is 43.9 Å². The summed E-state index contributed by atoms with van der Waals surface area (Å²) < 4.78 is 31.3. The van der Waals surface area contributed by atoms with Gasteiger partial charge in [-0.3, -0.25) is 28.6 Å². The van der Waals surface area contributed by atoms with Gasteiger partial charge in [0, 0.05) is 12.2 Å². The first-order valence-corrected chi connectivity index (χ1v) is 9.29. The lowest BCUT2D eigenvalue weighted by Crippen LogP contribution is -2.49. The van der Waals surface area contributed by atoms with Crippen molar-refractivity contribution in [2.75, 3.05) is 0 Å². The van der Waals surface area contributed by atoms with Crippen molar-refractivity contribution in [3.05, 3.63) is 12.2 Å². The zero-order chi connectivity index (χ0) is 20.8. The fourth-order valence-electron chi connectivity index (χ4n) is 2.22. The number of nitrogens with zero attached hydrogens (tertiary/aromatic N) is 1.